The van der Waals surface area contributed by atoms with Gasteiger partial charge in [-0.2, -0.15) is 12.6 Å². The first-order valence-corrected chi connectivity index (χ1v) is 11.6. The maximum atomic E-state index is 13.0. The van der Waals surface area contributed by atoms with Crippen molar-refractivity contribution in [3.05, 3.63) is 35.9 Å². The fraction of sp³-hybridized carbons (Fsp3) is 0.455. The number of nitrogens with two attached hydrogens (primary N) is 2. The zero-order valence-corrected chi connectivity index (χ0v) is 20.3. The van der Waals surface area contributed by atoms with Crippen molar-refractivity contribution in [3.63, 3.8) is 0 Å². The maximum absolute atomic E-state index is 13.0. The van der Waals surface area contributed by atoms with Gasteiger partial charge in [0.2, 0.25) is 23.6 Å². The molecule has 4 atom stereocenters. The summed E-state index contributed by atoms with van der Waals surface area (Å²) in [4.78, 5) is 71.8. The van der Waals surface area contributed by atoms with Gasteiger partial charge < -0.3 is 37.6 Å². The molecule has 14 heteroatoms. The molecule has 1 aromatic carbocycles. The number of hydrogen-bond acceptors (Lipinski definition) is 8. The molecule has 0 fully saturated rings. The summed E-state index contributed by atoms with van der Waals surface area (Å²) in [6, 6.07) is 3.38. The summed E-state index contributed by atoms with van der Waals surface area (Å²) in [5.41, 5.74) is 11.3. The lowest BCUT2D eigenvalue weighted by Gasteiger charge is -2.25. The first-order chi connectivity index (χ1) is 16.9. The third-order valence-corrected chi connectivity index (χ3v) is 5.42. The van der Waals surface area contributed by atoms with Crippen molar-refractivity contribution >= 4 is 48.2 Å². The second kappa shape index (κ2) is 15.4. The average Bonchev–Trinajstić information content (AvgIpc) is 2.83. The molecule has 1 aromatic rings. The fourth-order valence-electron chi connectivity index (χ4n) is 3.05. The van der Waals surface area contributed by atoms with Crippen molar-refractivity contribution in [3.8, 4) is 0 Å². The van der Waals surface area contributed by atoms with Crippen molar-refractivity contribution in [2.45, 2.75) is 56.3 Å². The van der Waals surface area contributed by atoms with Crippen LogP contribution in [0.2, 0.25) is 0 Å². The van der Waals surface area contributed by atoms with E-state index in [-0.39, 0.29) is 31.4 Å². The van der Waals surface area contributed by atoms with E-state index in [1.807, 2.05) is 0 Å². The van der Waals surface area contributed by atoms with Crippen molar-refractivity contribution in [1.82, 2.24) is 16.0 Å². The number of nitrogens with one attached hydrogen (secondary N) is 3. The number of hydrogen-bond donors (Lipinski definition) is 8. The Bertz CT molecular complexity index is 946. The predicted octanol–water partition coefficient (Wildman–Crippen LogP) is -1.84. The van der Waals surface area contributed by atoms with Crippen LogP contribution in [-0.2, 0) is 35.2 Å². The Balaban J connectivity index is 3.13. The van der Waals surface area contributed by atoms with Gasteiger partial charge in [0.05, 0.1) is 6.04 Å². The summed E-state index contributed by atoms with van der Waals surface area (Å²) in [5.74, 6) is -5.85. The summed E-state index contributed by atoms with van der Waals surface area (Å²) < 4.78 is 0. The van der Waals surface area contributed by atoms with Crippen LogP contribution in [0.1, 0.15) is 31.2 Å². The van der Waals surface area contributed by atoms with Gasteiger partial charge in [-0.05, 0) is 18.4 Å². The number of carboxylic acids is 2. The lowest BCUT2D eigenvalue weighted by atomic mass is 10.0. The SMILES string of the molecule is NC(=O)CCC(NC(=O)C(Cc1ccccc1)NC(=O)C(CCC(=O)O)NC(=O)C(N)CS)C(=O)O. The van der Waals surface area contributed by atoms with E-state index in [1.54, 1.807) is 30.3 Å². The van der Waals surface area contributed by atoms with Gasteiger partial charge >= 0.3 is 11.9 Å². The molecule has 0 bridgehead atoms. The Morgan fingerprint density at radius 1 is 0.806 bits per heavy atom. The van der Waals surface area contributed by atoms with Crippen molar-refractivity contribution in [2.24, 2.45) is 11.5 Å². The maximum Gasteiger partial charge on any atom is 0.326 e. The Morgan fingerprint density at radius 3 is 1.86 bits per heavy atom. The molecule has 4 amide bonds. The highest BCUT2D eigenvalue weighted by Crippen LogP contribution is 2.07. The molecule has 0 radical (unpaired) electrons. The molecule has 13 nitrogen and oxygen atoms in total. The number of carbonyl (C=O) groups is 6. The molecule has 36 heavy (non-hydrogen) atoms. The highest BCUT2D eigenvalue weighted by Gasteiger charge is 2.30. The number of rotatable bonds is 16. The summed E-state index contributed by atoms with van der Waals surface area (Å²) in [5, 5.41) is 25.5. The molecule has 0 aliphatic heterocycles. The lowest BCUT2D eigenvalue weighted by Crippen LogP contribution is -2.57. The minimum absolute atomic E-state index is 0.0278. The molecule has 0 saturated heterocycles. The van der Waals surface area contributed by atoms with Crippen molar-refractivity contribution < 1.29 is 39.0 Å². The Kier molecular flexibility index (Phi) is 13.0. The number of benzene rings is 1. The van der Waals surface area contributed by atoms with Crippen LogP contribution < -0.4 is 27.4 Å². The molecule has 198 valence electrons. The van der Waals surface area contributed by atoms with Gasteiger partial charge in [-0.15, -0.1) is 0 Å². The van der Waals surface area contributed by atoms with E-state index in [0.717, 1.165) is 0 Å². The molecule has 0 heterocycles. The molecule has 1 rings (SSSR count). The van der Waals surface area contributed by atoms with Crippen LogP contribution in [-0.4, -0.2) is 75.7 Å². The van der Waals surface area contributed by atoms with Gasteiger partial charge in [0, 0.05) is 25.0 Å². The molecule has 9 N–H and O–H groups in total. The fourth-order valence-corrected chi connectivity index (χ4v) is 3.21. The standard InChI is InChI=1S/C22H31N5O8S/c23-13(11-36)19(31)25-14(7-9-18(29)30)20(32)27-16(10-12-4-2-1-3-5-12)21(33)26-15(22(34)35)6-8-17(24)28/h1-5,13-16,36H,6-11,23H2,(H2,24,28)(H,25,31)(H,26,33)(H,27,32)(H,29,30)(H,34,35). The number of carbonyl (C=O) groups excluding carboxylic acids is 4. The topological polar surface area (TPSA) is 231 Å². The largest absolute Gasteiger partial charge is 0.481 e. The summed E-state index contributed by atoms with van der Waals surface area (Å²) in [6.45, 7) is 0. The molecule has 0 spiro atoms. The molecule has 0 aliphatic carbocycles. The molecule has 0 aromatic heterocycles. The van der Waals surface area contributed by atoms with Gasteiger partial charge in [0.25, 0.3) is 0 Å². The zero-order chi connectivity index (χ0) is 27.3. The van der Waals surface area contributed by atoms with Crippen LogP contribution in [0.4, 0.5) is 0 Å². The first-order valence-electron chi connectivity index (χ1n) is 11.0. The van der Waals surface area contributed by atoms with Gasteiger partial charge in [0.15, 0.2) is 0 Å². The van der Waals surface area contributed by atoms with Crippen LogP contribution in [0.5, 0.6) is 0 Å². The minimum atomic E-state index is -1.45. The highest BCUT2D eigenvalue weighted by molar-refractivity contribution is 7.80. The first kappa shape index (κ1) is 30.4. The van der Waals surface area contributed by atoms with Crippen LogP contribution in [0.25, 0.3) is 0 Å². The highest BCUT2D eigenvalue weighted by atomic mass is 32.1. The second-order valence-corrected chi connectivity index (χ2v) is 8.30. The third-order valence-electron chi connectivity index (χ3n) is 5.02. The van der Waals surface area contributed by atoms with Crippen LogP contribution in [0.15, 0.2) is 30.3 Å². The van der Waals surface area contributed by atoms with Crippen molar-refractivity contribution in [1.29, 1.82) is 0 Å². The Morgan fingerprint density at radius 2 is 1.33 bits per heavy atom. The number of amides is 4. The smallest absolute Gasteiger partial charge is 0.326 e. The van der Waals surface area contributed by atoms with Crippen LogP contribution in [0, 0.1) is 0 Å². The van der Waals surface area contributed by atoms with E-state index in [1.165, 1.54) is 0 Å². The van der Waals surface area contributed by atoms with E-state index in [4.69, 9.17) is 16.6 Å². The summed E-state index contributed by atoms with van der Waals surface area (Å²) in [6.07, 6.45) is -1.35. The summed E-state index contributed by atoms with van der Waals surface area (Å²) >= 11 is 3.92. The number of aliphatic carboxylic acids is 2. The number of primary amides is 1. The van der Waals surface area contributed by atoms with E-state index in [2.05, 4.69) is 28.6 Å². The van der Waals surface area contributed by atoms with Crippen LogP contribution in [0.3, 0.4) is 0 Å². The van der Waals surface area contributed by atoms with Gasteiger partial charge in [-0.25, -0.2) is 4.79 Å². The quantitative estimate of drug-likeness (QED) is 0.113. The second-order valence-electron chi connectivity index (χ2n) is 7.94. The average molecular weight is 526 g/mol. The monoisotopic (exact) mass is 525 g/mol. The van der Waals surface area contributed by atoms with Gasteiger partial charge in [0.1, 0.15) is 18.1 Å². The number of thiol groups is 1. The molecular weight excluding hydrogens is 494 g/mol. The zero-order valence-electron chi connectivity index (χ0n) is 19.4. The van der Waals surface area contributed by atoms with E-state index < -0.39 is 66.2 Å². The van der Waals surface area contributed by atoms with E-state index >= 15 is 0 Å². The predicted molar refractivity (Wildman–Crippen MR) is 131 cm³/mol. The van der Waals surface area contributed by atoms with Crippen molar-refractivity contribution in [2.75, 3.05) is 5.75 Å². The molecule has 0 saturated carbocycles. The van der Waals surface area contributed by atoms with Gasteiger partial charge in [-0.1, -0.05) is 30.3 Å². The van der Waals surface area contributed by atoms with Gasteiger partial charge in [-0.3, -0.25) is 24.0 Å². The van der Waals surface area contributed by atoms with E-state index in [0.29, 0.717) is 5.56 Å². The minimum Gasteiger partial charge on any atom is -0.481 e. The normalized spacial score (nSPS) is 13.9. The Labute approximate surface area is 212 Å². The van der Waals surface area contributed by atoms with E-state index in [9.17, 15) is 33.9 Å². The molecular formula is C22H31N5O8S. The summed E-state index contributed by atoms with van der Waals surface area (Å²) in [7, 11) is 0. The molecule has 4 unspecified atom stereocenters. The number of carboxylic acid groups (broad SMARTS) is 2. The lowest BCUT2D eigenvalue weighted by molar-refractivity contribution is -0.142. The Hall–Kier alpha value is -3.65. The van der Waals surface area contributed by atoms with Crippen LogP contribution >= 0.6 is 12.6 Å². The molecule has 0 aliphatic rings. The third kappa shape index (κ3) is 11.2.